The molecule has 5 unspecified atom stereocenters. The Bertz CT molecular complexity index is 378. The Morgan fingerprint density at radius 2 is 2.10 bits per heavy atom. The number of amides is 1. The molecular formula is C14H25NO6. The lowest BCUT2D eigenvalue weighted by Gasteiger charge is -2.43. The molecule has 122 valence electrons. The van der Waals surface area contributed by atoms with Crippen LogP contribution in [0.25, 0.3) is 0 Å². The summed E-state index contributed by atoms with van der Waals surface area (Å²) >= 11 is 0. The number of carbonyl (C=O) groups excluding carboxylic acids is 1. The fourth-order valence-corrected chi connectivity index (χ4v) is 2.98. The first-order chi connectivity index (χ1) is 9.89. The van der Waals surface area contributed by atoms with Crippen molar-refractivity contribution in [2.24, 2.45) is 5.92 Å². The van der Waals surface area contributed by atoms with Crippen molar-refractivity contribution in [2.45, 2.75) is 56.7 Å². The molecule has 0 bridgehead atoms. The summed E-state index contributed by atoms with van der Waals surface area (Å²) in [6.45, 7) is 2.10. The van der Waals surface area contributed by atoms with Gasteiger partial charge in [0.05, 0.1) is 13.2 Å². The number of rotatable bonds is 5. The van der Waals surface area contributed by atoms with Crippen LogP contribution in [0.1, 0.15) is 32.6 Å². The zero-order valence-corrected chi connectivity index (χ0v) is 12.3. The average Bonchev–Trinajstić information content (AvgIpc) is 2.80. The third kappa shape index (κ3) is 3.37. The monoisotopic (exact) mass is 303 g/mol. The molecule has 4 N–H and O–H groups in total. The number of hydrogen-bond donors (Lipinski definition) is 4. The van der Waals surface area contributed by atoms with Crippen LogP contribution in [0.3, 0.4) is 0 Å². The first-order valence-corrected chi connectivity index (χ1v) is 7.58. The maximum Gasteiger partial charge on any atom is 0.225 e. The van der Waals surface area contributed by atoms with Gasteiger partial charge in [0, 0.05) is 12.5 Å². The largest absolute Gasteiger partial charge is 0.388 e. The smallest absolute Gasteiger partial charge is 0.225 e. The highest BCUT2D eigenvalue weighted by molar-refractivity contribution is 5.80. The third-order valence-electron chi connectivity index (χ3n) is 4.42. The van der Waals surface area contributed by atoms with E-state index in [1.54, 1.807) is 0 Å². The summed E-state index contributed by atoms with van der Waals surface area (Å²) in [5.74, 6) is -2.12. The van der Waals surface area contributed by atoms with Crippen LogP contribution in [0.4, 0.5) is 0 Å². The Morgan fingerprint density at radius 1 is 1.38 bits per heavy atom. The minimum Gasteiger partial charge on any atom is -0.388 e. The van der Waals surface area contributed by atoms with Gasteiger partial charge in [-0.05, 0) is 12.8 Å². The number of unbranched alkanes of at least 4 members (excludes halogenated alkanes) is 1. The molecule has 7 nitrogen and oxygen atoms in total. The number of nitrogens with zero attached hydrogens (tertiary/aromatic N) is 1. The number of hydrogen-bond acceptors (Lipinski definition) is 6. The molecule has 0 spiro atoms. The van der Waals surface area contributed by atoms with Crippen molar-refractivity contribution < 1.29 is 30.0 Å². The van der Waals surface area contributed by atoms with Crippen LogP contribution in [0.2, 0.25) is 0 Å². The Kier molecular flexibility index (Phi) is 5.21. The summed E-state index contributed by atoms with van der Waals surface area (Å²) in [6.07, 6.45) is -0.809. The van der Waals surface area contributed by atoms with Crippen molar-refractivity contribution in [3.8, 4) is 0 Å². The maximum atomic E-state index is 12.2. The van der Waals surface area contributed by atoms with E-state index in [2.05, 4.69) is 6.92 Å². The standard InChI is InChI=1S/C14H25NO6/c1-2-3-4-9-5-6-15(13(9)19)8-14(20)12(18)11(17)10(16)7-21-14/h9-12,16-18,20H,2-8H2,1H3. The van der Waals surface area contributed by atoms with Gasteiger partial charge in [-0.3, -0.25) is 4.79 Å². The van der Waals surface area contributed by atoms with Crippen molar-refractivity contribution >= 4 is 5.91 Å². The van der Waals surface area contributed by atoms with Gasteiger partial charge >= 0.3 is 0 Å². The van der Waals surface area contributed by atoms with E-state index in [0.29, 0.717) is 6.54 Å². The topological polar surface area (TPSA) is 110 Å². The summed E-state index contributed by atoms with van der Waals surface area (Å²) in [4.78, 5) is 13.7. The first kappa shape index (κ1) is 16.6. The molecule has 7 heteroatoms. The lowest BCUT2D eigenvalue weighted by Crippen LogP contribution is -2.64. The molecule has 2 heterocycles. The summed E-state index contributed by atoms with van der Waals surface area (Å²) in [7, 11) is 0. The van der Waals surface area contributed by atoms with Gasteiger partial charge in [-0.2, -0.15) is 0 Å². The Balaban J connectivity index is 1.96. The quantitative estimate of drug-likeness (QED) is 0.509. The average molecular weight is 303 g/mol. The molecule has 5 atom stereocenters. The van der Waals surface area contributed by atoms with E-state index in [1.165, 1.54) is 4.90 Å². The Labute approximate surface area is 124 Å². The fourth-order valence-electron chi connectivity index (χ4n) is 2.98. The summed E-state index contributed by atoms with van der Waals surface area (Å²) in [5, 5.41) is 39.3. The predicted octanol–water partition coefficient (Wildman–Crippen LogP) is -1.17. The summed E-state index contributed by atoms with van der Waals surface area (Å²) in [5.41, 5.74) is 0. The normalized spacial score (nSPS) is 40.8. The minimum atomic E-state index is -2.03. The molecule has 2 aliphatic rings. The second kappa shape index (κ2) is 6.58. The number of aliphatic hydroxyl groups excluding tert-OH is 3. The molecule has 2 saturated heterocycles. The molecule has 1 amide bonds. The molecule has 0 aromatic heterocycles. The van der Waals surface area contributed by atoms with Gasteiger partial charge in [0.25, 0.3) is 0 Å². The van der Waals surface area contributed by atoms with Crippen LogP contribution >= 0.6 is 0 Å². The number of carbonyl (C=O) groups is 1. The number of aliphatic hydroxyl groups is 4. The molecule has 2 aliphatic heterocycles. The van der Waals surface area contributed by atoms with Gasteiger partial charge in [0.1, 0.15) is 18.3 Å². The molecule has 0 aromatic carbocycles. The highest BCUT2D eigenvalue weighted by atomic mass is 16.6. The lowest BCUT2D eigenvalue weighted by molar-refractivity contribution is -0.323. The van der Waals surface area contributed by atoms with Gasteiger partial charge in [-0.15, -0.1) is 0 Å². The van der Waals surface area contributed by atoms with Crippen LogP contribution in [-0.4, -0.2) is 75.0 Å². The van der Waals surface area contributed by atoms with Gasteiger partial charge in [-0.1, -0.05) is 19.8 Å². The van der Waals surface area contributed by atoms with Crippen LogP contribution in [0, 0.1) is 5.92 Å². The first-order valence-electron chi connectivity index (χ1n) is 7.58. The van der Waals surface area contributed by atoms with Crippen LogP contribution < -0.4 is 0 Å². The van der Waals surface area contributed by atoms with E-state index in [-0.39, 0.29) is 25.0 Å². The second-order valence-corrected chi connectivity index (χ2v) is 6.05. The molecule has 0 radical (unpaired) electrons. The van der Waals surface area contributed by atoms with Gasteiger partial charge in [-0.25, -0.2) is 0 Å². The van der Waals surface area contributed by atoms with Gasteiger partial charge < -0.3 is 30.1 Å². The third-order valence-corrected chi connectivity index (χ3v) is 4.42. The number of β-amino-alcohol motifs (C(OH)–C–C–N with tert-alkyl or cyclic N) is 1. The SMILES string of the molecule is CCCCC1CCN(CC2(O)OCC(O)C(O)C2O)C1=O. The Morgan fingerprint density at radius 3 is 2.76 bits per heavy atom. The zero-order valence-electron chi connectivity index (χ0n) is 12.3. The molecule has 2 fully saturated rings. The fraction of sp³-hybridized carbons (Fsp3) is 0.929. The van der Waals surface area contributed by atoms with Crippen molar-refractivity contribution in [2.75, 3.05) is 19.7 Å². The number of ether oxygens (including phenoxy) is 1. The van der Waals surface area contributed by atoms with Crippen LogP contribution in [-0.2, 0) is 9.53 Å². The van der Waals surface area contributed by atoms with Crippen molar-refractivity contribution in [3.05, 3.63) is 0 Å². The Hall–Kier alpha value is -0.730. The van der Waals surface area contributed by atoms with Crippen LogP contribution in [0.15, 0.2) is 0 Å². The maximum absolute atomic E-state index is 12.2. The van der Waals surface area contributed by atoms with Gasteiger partial charge in [0.2, 0.25) is 11.7 Å². The molecule has 21 heavy (non-hydrogen) atoms. The second-order valence-electron chi connectivity index (χ2n) is 6.05. The highest BCUT2D eigenvalue weighted by Crippen LogP contribution is 2.29. The molecule has 0 aliphatic carbocycles. The van der Waals surface area contributed by atoms with E-state index in [4.69, 9.17) is 4.74 Å². The molecular weight excluding hydrogens is 278 g/mol. The van der Waals surface area contributed by atoms with E-state index in [1.807, 2.05) is 0 Å². The minimum absolute atomic E-state index is 0.0372. The van der Waals surface area contributed by atoms with E-state index >= 15 is 0 Å². The summed E-state index contributed by atoms with van der Waals surface area (Å²) < 4.78 is 5.09. The molecule has 0 aromatic rings. The summed E-state index contributed by atoms with van der Waals surface area (Å²) in [6, 6.07) is 0. The van der Waals surface area contributed by atoms with E-state index in [9.17, 15) is 25.2 Å². The molecule has 0 saturated carbocycles. The van der Waals surface area contributed by atoms with Crippen molar-refractivity contribution in [1.29, 1.82) is 0 Å². The lowest BCUT2D eigenvalue weighted by atomic mass is 9.96. The van der Waals surface area contributed by atoms with Crippen molar-refractivity contribution in [3.63, 3.8) is 0 Å². The molecule has 2 rings (SSSR count). The predicted molar refractivity (Wildman–Crippen MR) is 73.1 cm³/mol. The van der Waals surface area contributed by atoms with Crippen molar-refractivity contribution in [1.82, 2.24) is 4.90 Å². The number of likely N-dealkylation sites (tertiary alicyclic amines) is 1. The van der Waals surface area contributed by atoms with E-state index in [0.717, 1.165) is 25.7 Å². The zero-order chi connectivity index (χ0) is 15.6. The highest BCUT2D eigenvalue weighted by Gasteiger charge is 2.50. The van der Waals surface area contributed by atoms with E-state index < -0.39 is 24.1 Å². The van der Waals surface area contributed by atoms with Gasteiger partial charge in [0.15, 0.2) is 0 Å². The van der Waals surface area contributed by atoms with Crippen LogP contribution in [0.5, 0.6) is 0 Å².